The van der Waals surface area contributed by atoms with Crippen molar-refractivity contribution in [1.29, 1.82) is 0 Å². The number of carbonyl (C=O) groups excluding carboxylic acids is 1. The average Bonchev–Trinajstić information content (AvgIpc) is 2.74. The standard InChI is InChI=1S/C24H25F6NO2/c25-23(26,27)16-7-9-17(10-8-16)33-20-12-11-18-15(14-31-13-2-1-6-21(31)32)4-3-5-19(18)22(20)24(28,29)30/h3-5,11-12,16-17H,1-2,6-10,13-14H2/t16-,17+. The minimum atomic E-state index is -4.71. The number of rotatable bonds is 4. The zero-order chi connectivity index (χ0) is 23.8. The van der Waals surface area contributed by atoms with Gasteiger partial charge in [0.05, 0.1) is 12.0 Å². The number of likely N-dealkylation sites (tertiary alicyclic amines) is 1. The van der Waals surface area contributed by atoms with E-state index in [-0.39, 0.29) is 49.3 Å². The summed E-state index contributed by atoms with van der Waals surface area (Å²) in [5.41, 5.74) is -0.310. The summed E-state index contributed by atoms with van der Waals surface area (Å²) < 4.78 is 86.7. The van der Waals surface area contributed by atoms with E-state index in [9.17, 15) is 31.1 Å². The molecule has 180 valence electrons. The largest absolute Gasteiger partial charge is 0.490 e. The van der Waals surface area contributed by atoms with Crippen molar-refractivity contribution in [1.82, 2.24) is 4.90 Å². The van der Waals surface area contributed by atoms with E-state index in [0.29, 0.717) is 23.9 Å². The van der Waals surface area contributed by atoms with E-state index in [2.05, 4.69) is 0 Å². The number of piperidine rings is 1. The fraction of sp³-hybridized carbons (Fsp3) is 0.542. The number of amides is 1. The first-order chi connectivity index (χ1) is 15.5. The topological polar surface area (TPSA) is 29.5 Å². The number of hydrogen-bond donors (Lipinski definition) is 0. The number of hydrogen-bond acceptors (Lipinski definition) is 2. The van der Waals surface area contributed by atoms with E-state index in [1.54, 1.807) is 17.0 Å². The van der Waals surface area contributed by atoms with Crippen molar-refractivity contribution in [2.24, 2.45) is 5.92 Å². The Hall–Kier alpha value is -2.45. The number of nitrogens with zero attached hydrogens (tertiary/aromatic N) is 1. The van der Waals surface area contributed by atoms with Crippen molar-refractivity contribution in [2.45, 2.75) is 69.9 Å². The van der Waals surface area contributed by atoms with Crippen LogP contribution in [0.4, 0.5) is 26.3 Å². The highest BCUT2D eigenvalue weighted by atomic mass is 19.4. The molecule has 0 atom stereocenters. The Kier molecular flexibility index (Phi) is 6.51. The maximum absolute atomic E-state index is 14.1. The number of fused-ring (bicyclic) bond motifs is 1. The van der Waals surface area contributed by atoms with Gasteiger partial charge in [0.1, 0.15) is 11.3 Å². The van der Waals surface area contributed by atoms with E-state index >= 15 is 0 Å². The first-order valence-electron chi connectivity index (χ1n) is 11.2. The molecular formula is C24H25F6NO2. The second-order valence-electron chi connectivity index (χ2n) is 8.85. The third-order valence-corrected chi connectivity index (χ3v) is 6.61. The zero-order valence-corrected chi connectivity index (χ0v) is 17.9. The van der Waals surface area contributed by atoms with Crippen LogP contribution in [0.25, 0.3) is 10.8 Å². The van der Waals surface area contributed by atoms with Crippen molar-refractivity contribution in [3.8, 4) is 5.75 Å². The van der Waals surface area contributed by atoms with Gasteiger partial charge in [-0.05, 0) is 60.9 Å². The molecule has 1 saturated heterocycles. The molecule has 0 spiro atoms. The Bertz CT molecular complexity index is 1010. The summed E-state index contributed by atoms with van der Waals surface area (Å²) in [5.74, 6) is -1.81. The van der Waals surface area contributed by atoms with Gasteiger partial charge in [0.2, 0.25) is 5.91 Å². The highest BCUT2D eigenvalue weighted by Crippen LogP contribution is 2.44. The number of benzene rings is 2. The van der Waals surface area contributed by atoms with Gasteiger partial charge in [0, 0.05) is 19.5 Å². The lowest BCUT2D eigenvalue weighted by atomic mass is 9.87. The number of halogens is 6. The maximum Gasteiger partial charge on any atom is 0.420 e. The van der Waals surface area contributed by atoms with Crippen LogP contribution >= 0.6 is 0 Å². The minimum absolute atomic E-state index is 0.0105. The van der Waals surface area contributed by atoms with Crippen molar-refractivity contribution in [3.63, 3.8) is 0 Å². The monoisotopic (exact) mass is 473 g/mol. The Morgan fingerprint density at radius 2 is 1.64 bits per heavy atom. The van der Waals surface area contributed by atoms with Crippen LogP contribution in [0.2, 0.25) is 0 Å². The fourth-order valence-electron chi connectivity index (χ4n) is 4.85. The lowest BCUT2D eigenvalue weighted by molar-refractivity contribution is -0.185. The maximum atomic E-state index is 14.1. The molecule has 1 saturated carbocycles. The molecule has 2 fully saturated rings. The molecule has 3 nitrogen and oxygen atoms in total. The molecule has 0 radical (unpaired) electrons. The second-order valence-corrected chi connectivity index (χ2v) is 8.85. The molecule has 0 unspecified atom stereocenters. The van der Waals surface area contributed by atoms with Gasteiger partial charge in [-0.1, -0.05) is 24.3 Å². The Balaban J connectivity index is 1.62. The molecule has 0 aromatic heterocycles. The van der Waals surface area contributed by atoms with Gasteiger partial charge in [0.25, 0.3) is 0 Å². The molecule has 1 heterocycles. The highest BCUT2D eigenvalue weighted by Gasteiger charge is 2.43. The second kappa shape index (κ2) is 9.06. The molecular weight excluding hydrogens is 448 g/mol. The lowest BCUT2D eigenvalue weighted by Crippen LogP contribution is -2.34. The Labute approximate surface area is 187 Å². The quantitative estimate of drug-likeness (QED) is 0.454. The molecule has 1 amide bonds. The van der Waals surface area contributed by atoms with E-state index < -0.39 is 29.9 Å². The average molecular weight is 473 g/mol. The van der Waals surface area contributed by atoms with E-state index in [1.807, 2.05) is 0 Å². The summed E-state index contributed by atoms with van der Waals surface area (Å²) >= 11 is 0. The summed E-state index contributed by atoms with van der Waals surface area (Å²) in [4.78, 5) is 13.8. The van der Waals surface area contributed by atoms with Crippen molar-refractivity contribution in [3.05, 3.63) is 41.5 Å². The highest BCUT2D eigenvalue weighted by molar-refractivity contribution is 5.91. The molecule has 1 aliphatic carbocycles. The van der Waals surface area contributed by atoms with Gasteiger partial charge in [0.15, 0.2) is 0 Å². The Morgan fingerprint density at radius 3 is 2.27 bits per heavy atom. The zero-order valence-electron chi connectivity index (χ0n) is 17.9. The summed E-state index contributed by atoms with van der Waals surface area (Å²) in [5, 5.41) is 0.349. The van der Waals surface area contributed by atoms with E-state index in [1.165, 1.54) is 18.2 Å². The number of carbonyl (C=O) groups is 1. The van der Waals surface area contributed by atoms with Gasteiger partial charge < -0.3 is 9.64 Å². The van der Waals surface area contributed by atoms with Gasteiger partial charge in [-0.15, -0.1) is 0 Å². The van der Waals surface area contributed by atoms with Crippen LogP contribution < -0.4 is 4.74 Å². The lowest BCUT2D eigenvalue weighted by Gasteiger charge is -2.31. The summed E-state index contributed by atoms with van der Waals surface area (Å²) in [6.07, 6.45) is -7.80. The summed E-state index contributed by atoms with van der Waals surface area (Å²) in [6.45, 7) is 0.804. The van der Waals surface area contributed by atoms with Gasteiger partial charge in [-0.3, -0.25) is 4.79 Å². The normalized spacial score (nSPS) is 22.6. The van der Waals surface area contributed by atoms with Crippen LogP contribution in [-0.2, 0) is 17.5 Å². The van der Waals surface area contributed by atoms with Gasteiger partial charge >= 0.3 is 12.4 Å². The number of ether oxygens (including phenoxy) is 1. The van der Waals surface area contributed by atoms with Crippen LogP contribution in [0.15, 0.2) is 30.3 Å². The first kappa shape index (κ1) is 23.7. The van der Waals surface area contributed by atoms with Gasteiger partial charge in [-0.2, -0.15) is 26.3 Å². The molecule has 1 aliphatic heterocycles. The molecule has 9 heteroatoms. The van der Waals surface area contributed by atoms with Crippen molar-refractivity contribution >= 4 is 16.7 Å². The molecule has 33 heavy (non-hydrogen) atoms. The first-order valence-corrected chi connectivity index (χ1v) is 11.2. The van der Waals surface area contributed by atoms with Crippen LogP contribution in [-0.4, -0.2) is 29.6 Å². The molecule has 2 aromatic rings. The number of alkyl halides is 6. The van der Waals surface area contributed by atoms with Crippen LogP contribution in [0, 0.1) is 5.92 Å². The van der Waals surface area contributed by atoms with Crippen molar-refractivity contribution in [2.75, 3.05) is 6.54 Å². The van der Waals surface area contributed by atoms with Crippen LogP contribution in [0.5, 0.6) is 5.75 Å². The fourth-order valence-corrected chi connectivity index (χ4v) is 4.85. The predicted molar refractivity (Wildman–Crippen MR) is 111 cm³/mol. The third kappa shape index (κ3) is 5.22. The Morgan fingerprint density at radius 1 is 0.909 bits per heavy atom. The molecule has 2 aliphatic rings. The van der Waals surface area contributed by atoms with Crippen molar-refractivity contribution < 1.29 is 35.9 Å². The molecule has 0 bridgehead atoms. The van der Waals surface area contributed by atoms with E-state index in [0.717, 1.165) is 12.8 Å². The SMILES string of the molecule is O=C1CCCCN1Cc1cccc2c(C(F)(F)F)c(O[C@H]3CC[C@@H](C(F)(F)F)CC3)ccc12. The molecule has 2 aromatic carbocycles. The predicted octanol–water partition coefficient (Wildman–Crippen LogP) is 6.87. The van der Waals surface area contributed by atoms with Crippen LogP contribution in [0.3, 0.4) is 0 Å². The molecule has 0 N–H and O–H groups in total. The smallest absolute Gasteiger partial charge is 0.420 e. The summed E-state index contributed by atoms with van der Waals surface area (Å²) in [6, 6.07) is 7.41. The van der Waals surface area contributed by atoms with Gasteiger partial charge in [-0.25, -0.2) is 0 Å². The third-order valence-electron chi connectivity index (χ3n) is 6.61. The molecule has 4 rings (SSSR count). The van der Waals surface area contributed by atoms with Crippen LogP contribution in [0.1, 0.15) is 56.1 Å². The van der Waals surface area contributed by atoms with E-state index in [4.69, 9.17) is 4.74 Å². The minimum Gasteiger partial charge on any atom is -0.490 e. The summed E-state index contributed by atoms with van der Waals surface area (Å²) in [7, 11) is 0.